The minimum Gasteiger partial charge on any atom is -0.491 e. The molecule has 0 spiro atoms. The predicted molar refractivity (Wildman–Crippen MR) is 69.1 cm³/mol. The summed E-state index contributed by atoms with van der Waals surface area (Å²) in [6.45, 7) is 5.30. The Morgan fingerprint density at radius 2 is 1.78 bits per heavy atom. The van der Waals surface area contributed by atoms with E-state index >= 15 is 0 Å². The number of benzene rings is 1. The summed E-state index contributed by atoms with van der Waals surface area (Å²) in [6, 6.07) is 6.16. The molecule has 1 aromatic carbocycles. The van der Waals surface area contributed by atoms with Gasteiger partial charge in [-0.15, -0.1) is 0 Å². The van der Waals surface area contributed by atoms with Gasteiger partial charge in [0.2, 0.25) is 10.0 Å². The Kier molecular flexibility index (Phi) is 5.13. The lowest BCUT2D eigenvalue weighted by Gasteiger charge is -2.11. The topological polar surface area (TPSA) is 75.6 Å². The zero-order valence-corrected chi connectivity index (χ0v) is 11.6. The zero-order valence-electron chi connectivity index (χ0n) is 10.8. The molecular weight excluding hydrogens is 254 g/mol. The summed E-state index contributed by atoms with van der Waals surface area (Å²) in [6.07, 6.45) is -0.677. The molecule has 0 aliphatic rings. The van der Waals surface area contributed by atoms with E-state index in [1.807, 2.05) is 13.8 Å². The fourth-order valence-corrected chi connectivity index (χ4v) is 2.40. The Morgan fingerprint density at radius 1 is 1.22 bits per heavy atom. The van der Waals surface area contributed by atoms with Crippen LogP contribution < -0.4 is 9.46 Å². The largest absolute Gasteiger partial charge is 0.491 e. The van der Waals surface area contributed by atoms with Gasteiger partial charge in [0.25, 0.3) is 0 Å². The molecule has 2 N–H and O–H groups in total. The number of aliphatic hydroxyl groups excluding tert-OH is 1. The molecule has 0 saturated carbocycles. The smallest absolute Gasteiger partial charge is 0.240 e. The maximum absolute atomic E-state index is 11.8. The average Bonchev–Trinajstić information content (AvgIpc) is 2.26. The van der Waals surface area contributed by atoms with Gasteiger partial charge in [0.1, 0.15) is 5.75 Å². The first kappa shape index (κ1) is 14.9. The Bertz CT molecular complexity index is 465. The standard InChI is InChI=1S/C12H19NO4S/c1-9(2)17-11-4-6-12(7-5-11)18(15,16)13-8-10(3)14/h4-7,9-10,13-14H,8H2,1-3H3. The minimum absolute atomic E-state index is 0.00736. The van der Waals surface area contributed by atoms with Gasteiger partial charge in [0.05, 0.1) is 17.1 Å². The number of ether oxygens (including phenoxy) is 1. The van der Waals surface area contributed by atoms with E-state index < -0.39 is 16.1 Å². The van der Waals surface area contributed by atoms with E-state index in [0.717, 1.165) is 0 Å². The van der Waals surface area contributed by atoms with E-state index in [9.17, 15) is 8.42 Å². The summed E-state index contributed by atoms with van der Waals surface area (Å²) in [5.41, 5.74) is 0. The second-order valence-electron chi connectivity index (χ2n) is 4.34. The van der Waals surface area contributed by atoms with Crippen molar-refractivity contribution < 1.29 is 18.3 Å². The molecule has 5 nitrogen and oxygen atoms in total. The first-order valence-corrected chi connectivity index (χ1v) is 7.24. The lowest BCUT2D eigenvalue weighted by Crippen LogP contribution is -2.30. The van der Waals surface area contributed by atoms with Gasteiger partial charge in [-0.25, -0.2) is 13.1 Å². The van der Waals surface area contributed by atoms with E-state index in [0.29, 0.717) is 5.75 Å². The summed E-state index contributed by atoms with van der Waals surface area (Å²) in [4.78, 5) is 0.152. The lowest BCUT2D eigenvalue weighted by atomic mass is 10.3. The molecule has 0 aromatic heterocycles. The number of nitrogens with one attached hydrogen (secondary N) is 1. The van der Waals surface area contributed by atoms with Crippen LogP contribution in [-0.4, -0.2) is 32.3 Å². The fraction of sp³-hybridized carbons (Fsp3) is 0.500. The third-order valence-electron chi connectivity index (χ3n) is 2.07. The number of rotatable bonds is 6. The second kappa shape index (κ2) is 6.17. The monoisotopic (exact) mass is 273 g/mol. The van der Waals surface area contributed by atoms with E-state index in [4.69, 9.17) is 9.84 Å². The molecule has 0 fully saturated rings. The van der Waals surface area contributed by atoms with Crippen LogP contribution in [0.5, 0.6) is 5.75 Å². The van der Waals surface area contributed by atoms with E-state index in [-0.39, 0.29) is 17.5 Å². The quantitative estimate of drug-likeness (QED) is 0.815. The molecule has 0 radical (unpaired) electrons. The van der Waals surface area contributed by atoms with Gasteiger partial charge in [0, 0.05) is 6.54 Å². The summed E-state index contributed by atoms with van der Waals surface area (Å²) in [5, 5.41) is 9.06. The van der Waals surface area contributed by atoms with Crippen molar-refractivity contribution in [2.75, 3.05) is 6.54 Å². The molecule has 0 saturated heterocycles. The molecule has 0 heterocycles. The number of hydrogen-bond acceptors (Lipinski definition) is 4. The maximum atomic E-state index is 11.8. The number of hydrogen-bond donors (Lipinski definition) is 2. The number of aliphatic hydroxyl groups is 1. The fourth-order valence-electron chi connectivity index (χ4n) is 1.28. The molecule has 1 atom stereocenters. The molecule has 6 heteroatoms. The molecule has 1 rings (SSSR count). The van der Waals surface area contributed by atoms with E-state index in [2.05, 4.69) is 4.72 Å². The van der Waals surface area contributed by atoms with Gasteiger partial charge in [-0.1, -0.05) is 0 Å². The van der Waals surface area contributed by atoms with Crippen LogP contribution in [0.25, 0.3) is 0 Å². The first-order chi connectivity index (χ1) is 8.31. The molecule has 0 aliphatic carbocycles. The molecule has 0 bridgehead atoms. The van der Waals surface area contributed by atoms with Gasteiger partial charge >= 0.3 is 0 Å². The van der Waals surface area contributed by atoms with Gasteiger partial charge in [-0.3, -0.25) is 0 Å². The summed E-state index contributed by atoms with van der Waals surface area (Å²) in [5.74, 6) is 0.625. The third-order valence-corrected chi connectivity index (χ3v) is 3.51. The van der Waals surface area contributed by atoms with Crippen LogP contribution in [0.15, 0.2) is 29.2 Å². The highest BCUT2D eigenvalue weighted by Crippen LogP contribution is 2.16. The Morgan fingerprint density at radius 3 is 2.22 bits per heavy atom. The SMILES string of the molecule is CC(O)CNS(=O)(=O)c1ccc(OC(C)C)cc1. The number of sulfonamides is 1. The van der Waals surface area contributed by atoms with Crippen molar-refractivity contribution in [1.29, 1.82) is 0 Å². The van der Waals surface area contributed by atoms with Crippen molar-refractivity contribution in [2.24, 2.45) is 0 Å². The average molecular weight is 273 g/mol. The normalized spacial score (nSPS) is 13.6. The maximum Gasteiger partial charge on any atom is 0.240 e. The minimum atomic E-state index is -3.57. The van der Waals surface area contributed by atoms with Gasteiger partial charge in [-0.2, -0.15) is 0 Å². The van der Waals surface area contributed by atoms with Crippen LogP contribution in [0.1, 0.15) is 20.8 Å². The van der Waals surface area contributed by atoms with Crippen LogP contribution >= 0.6 is 0 Å². The summed E-state index contributed by atoms with van der Waals surface area (Å²) < 4.78 is 31.4. The molecule has 18 heavy (non-hydrogen) atoms. The predicted octanol–water partition coefficient (Wildman–Crippen LogP) is 1.13. The Labute approximate surface area is 108 Å². The van der Waals surface area contributed by atoms with E-state index in [1.165, 1.54) is 19.1 Å². The second-order valence-corrected chi connectivity index (χ2v) is 6.11. The van der Waals surface area contributed by atoms with Crippen LogP contribution in [0.4, 0.5) is 0 Å². The molecule has 102 valence electrons. The lowest BCUT2D eigenvalue weighted by molar-refractivity contribution is 0.198. The van der Waals surface area contributed by atoms with E-state index in [1.54, 1.807) is 12.1 Å². The summed E-state index contributed by atoms with van der Waals surface area (Å²) >= 11 is 0. The summed E-state index contributed by atoms with van der Waals surface area (Å²) in [7, 11) is -3.57. The van der Waals surface area contributed by atoms with Crippen molar-refractivity contribution in [3.05, 3.63) is 24.3 Å². The molecule has 0 amide bonds. The third kappa shape index (κ3) is 4.64. The highest BCUT2D eigenvalue weighted by atomic mass is 32.2. The first-order valence-electron chi connectivity index (χ1n) is 5.75. The van der Waals surface area contributed by atoms with Crippen LogP contribution in [0.2, 0.25) is 0 Å². The Hall–Kier alpha value is -1.11. The van der Waals surface area contributed by atoms with Crippen molar-refractivity contribution in [3.63, 3.8) is 0 Å². The van der Waals surface area contributed by atoms with Crippen LogP contribution in [0.3, 0.4) is 0 Å². The van der Waals surface area contributed by atoms with Crippen LogP contribution in [0, 0.1) is 0 Å². The van der Waals surface area contributed by atoms with Gasteiger partial charge in [0.15, 0.2) is 0 Å². The molecule has 1 unspecified atom stereocenters. The van der Waals surface area contributed by atoms with Crippen molar-refractivity contribution >= 4 is 10.0 Å². The van der Waals surface area contributed by atoms with Gasteiger partial charge < -0.3 is 9.84 Å². The van der Waals surface area contributed by atoms with Crippen LogP contribution in [-0.2, 0) is 10.0 Å². The molecular formula is C12H19NO4S. The highest BCUT2D eigenvalue weighted by Gasteiger charge is 2.14. The molecule has 1 aromatic rings. The van der Waals surface area contributed by atoms with Crippen molar-refractivity contribution in [2.45, 2.75) is 37.9 Å². The van der Waals surface area contributed by atoms with Crippen molar-refractivity contribution in [1.82, 2.24) is 4.72 Å². The zero-order chi connectivity index (χ0) is 13.8. The Balaban J connectivity index is 2.78. The van der Waals surface area contributed by atoms with Gasteiger partial charge in [-0.05, 0) is 45.0 Å². The molecule has 0 aliphatic heterocycles. The highest BCUT2D eigenvalue weighted by molar-refractivity contribution is 7.89. The van der Waals surface area contributed by atoms with Crippen molar-refractivity contribution in [3.8, 4) is 5.75 Å².